The number of carbonyl (C=O) groups excluding carboxylic acids is 1. The maximum atomic E-state index is 13.7. The van der Waals surface area contributed by atoms with Crippen LogP contribution in [0.25, 0.3) is 10.2 Å². The summed E-state index contributed by atoms with van der Waals surface area (Å²) >= 11 is 1.33. The highest BCUT2D eigenvalue weighted by atomic mass is 32.1. The molecule has 1 aliphatic heterocycles. The van der Waals surface area contributed by atoms with Gasteiger partial charge in [0.25, 0.3) is 5.19 Å². The van der Waals surface area contributed by atoms with Gasteiger partial charge in [-0.2, -0.15) is 4.98 Å². The average Bonchev–Trinajstić information content (AvgIpc) is 3.08. The number of fused-ring (bicyclic) bond motifs is 1. The number of carbonyl (C=O) groups is 1. The number of aromatic nitrogens is 1. The van der Waals surface area contributed by atoms with Crippen molar-refractivity contribution in [3.63, 3.8) is 0 Å². The Balaban J connectivity index is 1.32. The lowest BCUT2D eigenvalue weighted by atomic mass is 10.1. The fourth-order valence-corrected chi connectivity index (χ4v) is 4.09. The zero-order valence-corrected chi connectivity index (χ0v) is 15.3. The molecule has 1 aliphatic rings. The second-order valence-corrected chi connectivity index (χ2v) is 7.56. The fourth-order valence-electron chi connectivity index (χ4n) is 3.20. The first kappa shape index (κ1) is 17.9. The first-order valence-corrected chi connectivity index (χ1v) is 9.64. The SMILES string of the molecule is O=C(Cc1ccc(F)cc1)N1CCC(Oc2nc3c(F)cccc3s2)CC1. The molecule has 4 rings (SSSR count). The average molecular weight is 388 g/mol. The van der Waals surface area contributed by atoms with E-state index in [-0.39, 0.29) is 30.1 Å². The number of nitrogens with zero attached hydrogens (tertiary/aromatic N) is 2. The molecule has 140 valence electrons. The largest absolute Gasteiger partial charge is 0.467 e. The Kier molecular flexibility index (Phi) is 5.03. The summed E-state index contributed by atoms with van der Waals surface area (Å²) in [5.74, 6) is -0.624. The summed E-state index contributed by atoms with van der Waals surface area (Å²) < 4.78 is 33.4. The summed E-state index contributed by atoms with van der Waals surface area (Å²) in [6, 6.07) is 10.9. The van der Waals surface area contributed by atoms with E-state index in [0.717, 1.165) is 10.3 Å². The molecule has 0 atom stereocenters. The Hall–Kier alpha value is -2.54. The first-order valence-electron chi connectivity index (χ1n) is 8.82. The second kappa shape index (κ2) is 7.60. The molecule has 0 bridgehead atoms. The molecular formula is C20H18F2N2O2S. The predicted molar refractivity (Wildman–Crippen MR) is 99.9 cm³/mol. The molecule has 0 N–H and O–H groups in total. The number of ether oxygens (including phenoxy) is 1. The highest BCUT2D eigenvalue weighted by Gasteiger charge is 2.25. The van der Waals surface area contributed by atoms with Crippen LogP contribution in [0.2, 0.25) is 0 Å². The summed E-state index contributed by atoms with van der Waals surface area (Å²) in [6.45, 7) is 1.20. The number of benzene rings is 2. The highest BCUT2D eigenvalue weighted by Crippen LogP contribution is 2.31. The van der Waals surface area contributed by atoms with E-state index >= 15 is 0 Å². The van der Waals surface area contributed by atoms with Gasteiger partial charge in [0.2, 0.25) is 5.91 Å². The van der Waals surface area contributed by atoms with Crippen LogP contribution in [-0.4, -0.2) is 35.0 Å². The summed E-state index contributed by atoms with van der Waals surface area (Å²) in [5, 5.41) is 0.464. The molecule has 0 saturated carbocycles. The number of piperidine rings is 1. The van der Waals surface area contributed by atoms with Gasteiger partial charge in [-0.15, -0.1) is 0 Å². The smallest absolute Gasteiger partial charge is 0.274 e. The van der Waals surface area contributed by atoms with Gasteiger partial charge in [-0.05, 0) is 29.8 Å². The van der Waals surface area contributed by atoms with Crippen molar-refractivity contribution < 1.29 is 18.3 Å². The van der Waals surface area contributed by atoms with Crippen LogP contribution in [-0.2, 0) is 11.2 Å². The van der Waals surface area contributed by atoms with Crippen LogP contribution in [0.15, 0.2) is 42.5 Å². The number of thiazole rings is 1. The van der Waals surface area contributed by atoms with Gasteiger partial charge in [0.05, 0.1) is 11.1 Å². The summed E-state index contributed by atoms with van der Waals surface area (Å²) in [4.78, 5) is 18.5. The van der Waals surface area contributed by atoms with Gasteiger partial charge in [0, 0.05) is 25.9 Å². The fraction of sp³-hybridized carbons (Fsp3) is 0.300. The van der Waals surface area contributed by atoms with E-state index < -0.39 is 0 Å². The zero-order valence-electron chi connectivity index (χ0n) is 14.5. The van der Waals surface area contributed by atoms with Crippen LogP contribution in [0, 0.1) is 11.6 Å². The van der Waals surface area contributed by atoms with Gasteiger partial charge in [-0.3, -0.25) is 4.79 Å². The van der Waals surface area contributed by atoms with Crippen LogP contribution in [0.5, 0.6) is 5.19 Å². The van der Waals surface area contributed by atoms with Crippen LogP contribution in [0.1, 0.15) is 18.4 Å². The molecule has 0 aliphatic carbocycles. The van der Waals surface area contributed by atoms with Crippen molar-refractivity contribution >= 4 is 27.5 Å². The molecule has 1 amide bonds. The van der Waals surface area contributed by atoms with Crippen molar-refractivity contribution in [2.45, 2.75) is 25.4 Å². The summed E-state index contributed by atoms with van der Waals surface area (Å²) in [5.41, 5.74) is 1.14. The topological polar surface area (TPSA) is 42.4 Å². The van der Waals surface area contributed by atoms with Gasteiger partial charge < -0.3 is 9.64 Å². The molecular weight excluding hydrogens is 370 g/mol. The van der Waals surface area contributed by atoms with Crippen LogP contribution in [0.4, 0.5) is 8.78 Å². The molecule has 0 unspecified atom stereocenters. The van der Waals surface area contributed by atoms with E-state index in [9.17, 15) is 13.6 Å². The van der Waals surface area contributed by atoms with Crippen molar-refractivity contribution in [3.05, 3.63) is 59.7 Å². The third-order valence-corrected chi connectivity index (χ3v) is 5.59. The predicted octanol–water partition coefficient (Wildman–Crippen LogP) is 4.19. The van der Waals surface area contributed by atoms with Crippen molar-refractivity contribution in [1.29, 1.82) is 0 Å². The molecule has 2 heterocycles. The number of hydrogen-bond donors (Lipinski definition) is 0. The van der Waals surface area contributed by atoms with E-state index in [0.29, 0.717) is 36.6 Å². The van der Waals surface area contributed by atoms with E-state index in [1.54, 1.807) is 23.1 Å². The van der Waals surface area contributed by atoms with Gasteiger partial charge >= 0.3 is 0 Å². The van der Waals surface area contributed by atoms with Crippen molar-refractivity contribution in [3.8, 4) is 5.19 Å². The molecule has 3 aromatic rings. The highest BCUT2D eigenvalue weighted by molar-refractivity contribution is 7.20. The summed E-state index contributed by atoms with van der Waals surface area (Å²) in [6.07, 6.45) is 1.63. The normalized spacial score (nSPS) is 15.3. The molecule has 1 aromatic heterocycles. The third kappa shape index (κ3) is 4.08. The van der Waals surface area contributed by atoms with Gasteiger partial charge in [-0.25, -0.2) is 8.78 Å². The molecule has 2 aromatic carbocycles. The zero-order chi connectivity index (χ0) is 18.8. The maximum Gasteiger partial charge on any atom is 0.274 e. The molecule has 7 heteroatoms. The molecule has 0 radical (unpaired) electrons. The standard InChI is InChI=1S/C20H18F2N2O2S/c21-14-6-4-13(5-7-14)12-18(25)24-10-8-15(9-11-24)26-20-23-19-16(22)2-1-3-17(19)27-20/h1-7,15H,8-12H2. The minimum Gasteiger partial charge on any atom is -0.467 e. The van der Waals surface area contributed by atoms with Gasteiger partial charge in [-0.1, -0.05) is 29.5 Å². The van der Waals surface area contributed by atoms with E-state index in [2.05, 4.69) is 4.98 Å². The van der Waals surface area contributed by atoms with Crippen molar-refractivity contribution in [2.75, 3.05) is 13.1 Å². The number of rotatable bonds is 4. The number of para-hydroxylation sites is 1. The Labute approximate surface area is 159 Å². The van der Waals surface area contributed by atoms with E-state index in [1.807, 2.05) is 6.07 Å². The van der Waals surface area contributed by atoms with Crippen LogP contribution in [0.3, 0.4) is 0 Å². The van der Waals surface area contributed by atoms with Crippen LogP contribution < -0.4 is 4.74 Å². The third-order valence-electron chi connectivity index (χ3n) is 4.68. The number of likely N-dealkylation sites (tertiary alicyclic amines) is 1. The second-order valence-electron chi connectivity index (χ2n) is 6.57. The Morgan fingerprint density at radius 3 is 2.59 bits per heavy atom. The summed E-state index contributed by atoms with van der Waals surface area (Å²) in [7, 11) is 0. The van der Waals surface area contributed by atoms with E-state index in [4.69, 9.17) is 4.74 Å². The molecule has 1 saturated heterocycles. The van der Waals surface area contributed by atoms with Gasteiger partial charge in [0.1, 0.15) is 23.3 Å². The first-order chi connectivity index (χ1) is 13.1. The van der Waals surface area contributed by atoms with Crippen molar-refractivity contribution in [2.24, 2.45) is 0 Å². The van der Waals surface area contributed by atoms with Gasteiger partial charge in [0.15, 0.2) is 0 Å². The Morgan fingerprint density at radius 1 is 1.15 bits per heavy atom. The number of halogens is 2. The molecule has 1 fully saturated rings. The monoisotopic (exact) mass is 388 g/mol. The minimum absolute atomic E-state index is 0.0297. The lowest BCUT2D eigenvalue weighted by molar-refractivity contribution is -0.132. The Bertz CT molecular complexity index is 950. The lowest BCUT2D eigenvalue weighted by Gasteiger charge is -2.31. The lowest BCUT2D eigenvalue weighted by Crippen LogP contribution is -2.42. The Morgan fingerprint density at radius 2 is 1.89 bits per heavy atom. The molecule has 4 nitrogen and oxygen atoms in total. The maximum absolute atomic E-state index is 13.7. The molecule has 27 heavy (non-hydrogen) atoms. The molecule has 0 spiro atoms. The van der Waals surface area contributed by atoms with Crippen molar-refractivity contribution in [1.82, 2.24) is 9.88 Å². The minimum atomic E-state index is -0.347. The van der Waals surface area contributed by atoms with Crippen LogP contribution >= 0.6 is 11.3 Å². The number of hydrogen-bond acceptors (Lipinski definition) is 4. The quantitative estimate of drug-likeness (QED) is 0.673. The van der Waals surface area contributed by atoms with E-state index in [1.165, 1.54) is 29.5 Å². The number of amides is 1.